The number of hydrogen-bond donors (Lipinski definition) is 1. The van der Waals surface area contributed by atoms with Crippen LogP contribution in [-0.4, -0.2) is 28.2 Å². The Morgan fingerprint density at radius 1 is 1.08 bits per heavy atom. The van der Waals surface area contributed by atoms with Gasteiger partial charge in [0.1, 0.15) is 5.69 Å². The van der Waals surface area contributed by atoms with E-state index in [-0.39, 0.29) is 5.92 Å². The molecule has 1 aliphatic rings. The van der Waals surface area contributed by atoms with E-state index in [1.165, 1.54) is 12.3 Å². The van der Waals surface area contributed by atoms with Gasteiger partial charge in [-0.15, -0.1) is 0 Å². The van der Waals surface area contributed by atoms with Gasteiger partial charge in [0, 0.05) is 25.5 Å². The number of hydrogen-bond acceptors (Lipinski definition) is 4. The maximum absolute atomic E-state index is 12.6. The molecule has 2 aromatic heterocycles. The van der Waals surface area contributed by atoms with Crippen molar-refractivity contribution in [1.82, 2.24) is 9.97 Å². The molecule has 7 heteroatoms. The van der Waals surface area contributed by atoms with Crippen LogP contribution in [0.3, 0.4) is 0 Å². The van der Waals surface area contributed by atoms with E-state index in [1.54, 1.807) is 24.5 Å². The molecule has 0 saturated carbocycles. The minimum Gasteiger partial charge on any atom is -0.388 e. The topological polar surface area (TPSA) is 49.3 Å². The Hall–Kier alpha value is -2.15. The lowest BCUT2D eigenvalue weighted by Gasteiger charge is -2.35. The molecular weight excluding hydrogens is 319 g/mol. The van der Waals surface area contributed by atoms with Gasteiger partial charge in [-0.3, -0.25) is 4.98 Å². The maximum atomic E-state index is 12.6. The Balaban J connectivity index is 1.61. The largest absolute Gasteiger partial charge is 0.433 e. The summed E-state index contributed by atoms with van der Waals surface area (Å²) in [5, 5.41) is 10.4. The summed E-state index contributed by atoms with van der Waals surface area (Å²) in [5.41, 5.74) is 0.647. The zero-order valence-electron chi connectivity index (χ0n) is 12.9. The molecule has 0 bridgehead atoms. The smallest absolute Gasteiger partial charge is 0.388 e. The summed E-state index contributed by atoms with van der Waals surface area (Å²) in [6, 6.07) is 6.07. The van der Waals surface area contributed by atoms with Gasteiger partial charge in [0.05, 0.1) is 18.0 Å². The number of aliphatic hydroxyl groups is 1. The maximum Gasteiger partial charge on any atom is 0.433 e. The number of rotatable bonds is 3. The van der Waals surface area contributed by atoms with Crippen molar-refractivity contribution >= 4 is 5.69 Å². The molecule has 1 saturated heterocycles. The van der Waals surface area contributed by atoms with Gasteiger partial charge in [0.2, 0.25) is 0 Å². The van der Waals surface area contributed by atoms with Gasteiger partial charge in [-0.2, -0.15) is 13.2 Å². The van der Waals surface area contributed by atoms with Crippen LogP contribution in [-0.2, 0) is 6.18 Å². The highest BCUT2D eigenvalue weighted by Gasteiger charge is 2.32. The number of aliphatic hydroxyl groups excluding tert-OH is 1. The van der Waals surface area contributed by atoms with Crippen molar-refractivity contribution in [3.63, 3.8) is 0 Å². The zero-order valence-corrected chi connectivity index (χ0v) is 12.9. The van der Waals surface area contributed by atoms with Gasteiger partial charge in [-0.1, -0.05) is 0 Å². The summed E-state index contributed by atoms with van der Waals surface area (Å²) in [6.45, 7) is 1.36. The molecule has 0 radical (unpaired) electrons. The highest BCUT2D eigenvalue weighted by Crippen LogP contribution is 2.33. The van der Waals surface area contributed by atoms with Crippen molar-refractivity contribution in [3.8, 4) is 0 Å². The predicted octanol–water partition coefficient (Wildman–Crippen LogP) is 3.45. The molecule has 3 rings (SSSR count). The lowest BCUT2D eigenvalue weighted by atomic mass is 9.87. The van der Waals surface area contributed by atoms with Crippen LogP contribution in [0.15, 0.2) is 42.9 Å². The quantitative estimate of drug-likeness (QED) is 0.932. The molecule has 0 amide bonds. The third-order valence-corrected chi connectivity index (χ3v) is 4.44. The van der Waals surface area contributed by atoms with E-state index in [0.29, 0.717) is 18.8 Å². The second kappa shape index (κ2) is 6.76. The number of halogens is 3. The highest BCUT2D eigenvalue weighted by molar-refractivity contribution is 5.45. The standard InChI is InChI=1S/C17H18F3N3O/c18-17(19,20)15-2-1-14(11-22-15)23-9-5-13(6-10-23)16(24)12-3-7-21-8-4-12/h1-4,7-8,11,13,16,24H,5-6,9-10H2. The lowest BCUT2D eigenvalue weighted by Crippen LogP contribution is -2.35. The number of nitrogens with zero attached hydrogens (tertiary/aromatic N) is 3. The van der Waals surface area contributed by atoms with Gasteiger partial charge in [-0.05, 0) is 48.6 Å². The van der Waals surface area contributed by atoms with Crippen molar-refractivity contribution in [1.29, 1.82) is 0 Å². The van der Waals surface area contributed by atoms with Crippen LogP contribution in [0.1, 0.15) is 30.2 Å². The number of piperidine rings is 1. The second-order valence-corrected chi connectivity index (χ2v) is 5.95. The van der Waals surface area contributed by atoms with Gasteiger partial charge in [0.25, 0.3) is 0 Å². The van der Waals surface area contributed by atoms with E-state index in [2.05, 4.69) is 9.97 Å². The first-order valence-corrected chi connectivity index (χ1v) is 7.81. The third kappa shape index (κ3) is 3.67. The monoisotopic (exact) mass is 337 g/mol. The van der Waals surface area contributed by atoms with Gasteiger partial charge in [0.15, 0.2) is 0 Å². The van der Waals surface area contributed by atoms with E-state index in [4.69, 9.17) is 0 Å². The second-order valence-electron chi connectivity index (χ2n) is 5.95. The first-order chi connectivity index (χ1) is 11.4. The van der Waals surface area contributed by atoms with E-state index in [9.17, 15) is 18.3 Å². The van der Waals surface area contributed by atoms with Crippen molar-refractivity contribution in [2.45, 2.75) is 25.1 Å². The molecule has 1 atom stereocenters. The van der Waals surface area contributed by atoms with Crippen LogP contribution in [0.4, 0.5) is 18.9 Å². The molecule has 2 aromatic rings. The molecule has 1 unspecified atom stereocenters. The fraction of sp³-hybridized carbons (Fsp3) is 0.412. The molecule has 0 aliphatic carbocycles. The fourth-order valence-electron chi connectivity index (χ4n) is 3.05. The number of aromatic nitrogens is 2. The fourth-order valence-corrected chi connectivity index (χ4v) is 3.05. The molecule has 1 fully saturated rings. The number of anilines is 1. The predicted molar refractivity (Wildman–Crippen MR) is 83.4 cm³/mol. The first kappa shape index (κ1) is 16.7. The summed E-state index contributed by atoms with van der Waals surface area (Å²) in [7, 11) is 0. The summed E-state index contributed by atoms with van der Waals surface area (Å²) in [6.07, 6.45) is 1.15. The summed E-state index contributed by atoms with van der Waals surface area (Å²) in [5.74, 6) is 0.131. The highest BCUT2D eigenvalue weighted by atomic mass is 19.4. The normalized spacial score (nSPS) is 17.8. The zero-order chi connectivity index (χ0) is 17.2. The van der Waals surface area contributed by atoms with Gasteiger partial charge < -0.3 is 10.0 Å². The lowest BCUT2D eigenvalue weighted by molar-refractivity contribution is -0.141. The van der Waals surface area contributed by atoms with E-state index >= 15 is 0 Å². The number of pyridine rings is 2. The third-order valence-electron chi connectivity index (χ3n) is 4.44. The van der Waals surface area contributed by atoms with Crippen LogP contribution in [0.2, 0.25) is 0 Å². The molecule has 0 spiro atoms. The Morgan fingerprint density at radius 3 is 2.29 bits per heavy atom. The summed E-state index contributed by atoms with van der Waals surface area (Å²) in [4.78, 5) is 9.45. The Morgan fingerprint density at radius 2 is 1.75 bits per heavy atom. The molecule has 0 aromatic carbocycles. The van der Waals surface area contributed by atoms with E-state index in [1.807, 2.05) is 4.90 Å². The Labute approximate surface area is 138 Å². The molecule has 24 heavy (non-hydrogen) atoms. The number of alkyl halides is 3. The van der Waals surface area contributed by atoms with E-state index in [0.717, 1.165) is 24.5 Å². The van der Waals surface area contributed by atoms with Crippen molar-refractivity contribution in [3.05, 3.63) is 54.1 Å². The van der Waals surface area contributed by atoms with Crippen LogP contribution in [0.5, 0.6) is 0 Å². The molecule has 1 N–H and O–H groups in total. The molecule has 4 nitrogen and oxygen atoms in total. The summed E-state index contributed by atoms with van der Waals surface area (Å²) < 4.78 is 37.7. The molecule has 1 aliphatic heterocycles. The van der Waals surface area contributed by atoms with Crippen LogP contribution in [0, 0.1) is 5.92 Å². The summed E-state index contributed by atoms with van der Waals surface area (Å²) >= 11 is 0. The Kier molecular flexibility index (Phi) is 4.71. The van der Waals surface area contributed by atoms with Crippen LogP contribution in [0.25, 0.3) is 0 Å². The average Bonchev–Trinajstić information content (AvgIpc) is 2.61. The van der Waals surface area contributed by atoms with Gasteiger partial charge >= 0.3 is 6.18 Å². The Bertz CT molecular complexity index is 653. The van der Waals surface area contributed by atoms with Crippen LogP contribution >= 0.6 is 0 Å². The molecular formula is C17H18F3N3O. The minimum atomic E-state index is -4.42. The van der Waals surface area contributed by atoms with Crippen LogP contribution < -0.4 is 4.90 Å². The van der Waals surface area contributed by atoms with Crippen molar-refractivity contribution in [2.75, 3.05) is 18.0 Å². The van der Waals surface area contributed by atoms with Gasteiger partial charge in [-0.25, -0.2) is 4.98 Å². The van der Waals surface area contributed by atoms with Crippen molar-refractivity contribution in [2.24, 2.45) is 5.92 Å². The molecule has 128 valence electrons. The first-order valence-electron chi connectivity index (χ1n) is 7.81. The SMILES string of the molecule is OC(c1ccncc1)C1CCN(c2ccc(C(F)(F)F)nc2)CC1. The van der Waals surface area contributed by atoms with E-state index < -0.39 is 18.0 Å². The minimum absolute atomic E-state index is 0.131. The van der Waals surface area contributed by atoms with Crippen molar-refractivity contribution < 1.29 is 18.3 Å². The average molecular weight is 337 g/mol. The molecule has 3 heterocycles.